The van der Waals surface area contributed by atoms with Gasteiger partial charge in [-0.2, -0.15) is 0 Å². The second-order valence-corrected chi connectivity index (χ2v) is 7.07. The Hall–Kier alpha value is -1.23. The van der Waals surface area contributed by atoms with Crippen molar-refractivity contribution in [2.45, 2.75) is 18.6 Å². The zero-order valence-electron chi connectivity index (χ0n) is 13.0. The van der Waals surface area contributed by atoms with Crippen LogP contribution in [0.15, 0.2) is 42.5 Å². The molecule has 1 N–H and O–H groups in total. The number of hydrogen-bond donors (Lipinski definition) is 1. The molecule has 6 heteroatoms. The van der Waals surface area contributed by atoms with Gasteiger partial charge in [-0.05, 0) is 48.2 Å². The fraction of sp³-hybridized carbons (Fsp3) is 0.278. The molecule has 0 radical (unpaired) electrons. The highest BCUT2D eigenvalue weighted by Crippen LogP contribution is 2.28. The van der Waals surface area contributed by atoms with Crippen molar-refractivity contribution in [1.82, 2.24) is 5.32 Å². The summed E-state index contributed by atoms with van der Waals surface area (Å²) in [6.45, 7) is 0.601. The molecule has 0 spiro atoms. The monoisotopic (exact) mass is 385 g/mol. The molecule has 0 aliphatic carbocycles. The van der Waals surface area contributed by atoms with Crippen LogP contribution >= 0.6 is 35.0 Å². The van der Waals surface area contributed by atoms with Gasteiger partial charge in [-0.1, -0.05) is 41.4 Å². The lowest BCUT2D eigenvalue weighted by Crippen LogP contribution is -2.26. The van der Waals surface area contributed by atoms with E-state index in [1.54, 1.807) is 30.3 Å². The molecule has 0 fully saturated rings. The molecule has 2 aromatic rings. The quantitative estimate of drug-likeness (QED) is 0.639. The van der Waals surface area contributed by atoms with E-state index >= 15 is 0 Å². The van der Waals surface area contributed by atoms with E-state index in [0.717, 1.165) is 24.0 Å². The van der Waals surface area contributed by atoms with E-state index in [1.165, 1.54) is 23.9 Å². The van der Waals surface area contributed by atoms with Crippen LogP contribution in [0.3, 0.4) is 0 Å². The smallest absolute Gasteiger partial charge is 0.230 e. The lowest BCUT2D eigenvalue weighted by atomic mass is 10.1. The summed E-state index contributed by atoms with van der Waals surface area (Å²) in [6, 6.07) is 11.8. The van der Waals surface area contributed by atoms with E-state index in [2.05, 4.69) is 5.32 Å². The first-order chi connectivity index (χ1) is 11.6. The summed E-state index contributed by atoms with van der Waals surface area (Å²) in [6.07, 6.45) is 1.63. The van der Waals surface area contributed by atoms with Crippen molar-refractivity contribution in [2.75, 3.05) is 12.3 Å². The molecule has 0 aliphatic rings. The number of hydrogen-bond acceptors (Lipinski definition) is 2. The zero-order chi connectivity index (χ0) is 17.4. The van der Waals surface area contributed by atoms with Gasteiger partial charge in [0.15, 0.2) is 0 Å². The molecule has 1 amide bonds. The molecule has 0 bridgehead atoms. The van der Waals surface area contributed by atoms with E-state index in [9.17, 15) is 9.18 Å². The van der Waals surface area contributed by atoms with Gasteiger partial charge in [-0.15, -0.1) is 11.8 Å². The molecule has 128 valence electrons. The Morgan fingerprint density at radius 2 is 1.75 bits per heavy atom. The molecule has 0 aliphatic heterocycles. The minimum Gasteiger partial charge on any atom is -0.355 e. The maximum Gasteiger partial charge on any atom is 0.230 e. The number of nitrogens with one attached hydrogen (secondary N) is 1. The van der Waals surface area contributed by atoms with Crippen LogP contribution in [0.4, 0.5) is 4.39 Å². The summed E-state index contributed by atoms with van der Waals surface area (Å²) in [5.74, 6) is 0.713. The highest BCUT2D eigenvalue weighted by atomic mass is 35.5. The topological polar surface area (TPSA) is 29.1 Å². The number of halogens is 3. The maximum atomic E-state index is 12.8. The van der Waals surface area contributed by atoms with Gasteiger partial charge in [0.05, 0.1) is 5.75 Å². The first-order valence-electron chi connectivity index (χ1n) is 7.58. The number of carbonyl (C=O) groups excluding carboxylic acids is 1. The number of thioether (sulfide) groups is 1. The van der Waals surface area contributed by atoms with E-state index < -0.39 is 0 Å². The van der Waals surface area contributed by atoms with Crippen LogP contribution in [0, 0.1) is 5.82 Å². The third-order valence-electron chi connectivity index (χ3n) is 3.42. The van der Waals surface area contributed by atoms with E-state index in [-0.39, 0.29) is 11.7 Å². The number of rotatable bonds is 8. The van der Waals surface area contributed by atoms with Crippen LogP contribution in [0.5, 0.6) is 0 Å². The van der Waals surface area contributed by atoms with Gasteiger partial charge in [0, 0.05) is 22.3 Å². The number of aryl methyl sites for hydroxylation is 1. The second-order valence-electron chi connectivity index (χ2n) is 5.27. The lowest BCUT2D eigenvalue weighted by molar-refractivity contribution is -0.118. The predicted octanol–water partition coefficient (Wildman–Crippen LogP) is 5.11. The number of amides is 1. The van der Waals surface area contributed by atoms with Crippen LogP contribution in [0.2, 0.25) is 10.0 Å². The van der Waals surface area contributed by atoms with Crippen molar-refractivity contribution >= 4 is 40.9 Å². The van der Waals surface area contributed by atoms with Crippen LogP contribution in [0.1, 0.15) is 17.5 Å². The normalized spacial score (nSPS) is 10.6. The summed E-state index contributed by atoms with van der Waals surface area (Å²) in [5, 5.41) is 4.12. The number of benzene rings is 2. The molecule has 0 aromatic heterocycles. The summed E-state index contributed by atoms with van der Waals surface area (Å²) < 4.78 is 12.8. The maximum absolute atomic E-state index is 12.8. The highest BCUT2D eigenvalue weighted by Gasteiger charge is 2.07. The van der Waals surface area contributed by atoms with Crippen LogP contribution < -0.4 is 5.32 Å². The van der Waals surface area contributed by atoms with Crippen molar-refractivity contribution in [3.05, 3.63) is 69.5 Å². The zero-order valence-corrected chi connectivity index (χ0v) is 15.4. The van der Waals surface area contributed by atoms with Gasteiger partial charge >= 0.3 is 0 Å². The van der Waals surface area contributed by atoms with Crippen molar-refractivity contribution in [1.29, 1.82) is 0 Å². The summed E-state index contributed by atoms with van der Waals surface area (Å²) in [4.78, 5) is 11.8. The lowest BCUT2D eigenvalue weighted by Gasteiger charge is -2.08. The Bertz CT molecular complexity index is 659. The molecular weight excluding hydrogens is 368 g/mol. The van der Waals surface area contributed by atoms with Gasteiger partial charge in [-0.25, -0.2) is 4.39 Å². The first-order valence-corrected chi connectivity index (χ1v) is 9.49. The average Bonchev–Trinajstić information content (AvgIpc) is 2.56. The Kier molecular flexibility index (Phi) is 7.89. The Morgan fingerprint density at radius 1 is 1.08 bits per heavy atom. The fourth-order valence-corrected chi connectivity index (χ4v) is 3.73. The van der Waals surface area contributed by atoms with Gasteiger partial charge < -0.3 is 5.32 Å². The van der Waals surface area contributed by atoms with Gasteiger partial charge in [0.2, 0.25) is 5.91 Å². The van der Waals surface area contributed by atoms with Crippen LogP contribution in [0.25, 0.3) is 0 Å². The van der Waals surface area contributed by atoms with E-state index in [0.29, 0.717) is 28.1 Å². The SMILES string of the molecule is O=C(CSCc1c(Cl)cccc1Cl)NCCCc1ccc(F)cc1. The third-order valence-corrected chi connectivity index (χ3v) is 5.09. The molecule has 2 rings (SSSR count). The molecule has 0 unspecified atom stereocenters. The second kappa shape index (κ2) is 9.92. The summed E-state index contributed by atoms with van der Waals surface area (Å²) in [5.41, 5.74) is 1.92. The predicted molar refractivity (Wildman–Crippen MR) is 100 cm³/mol. The van der Waals surface area contributed by atoms with Crippen molar-refractivity contribution in [2.24, 2.45) is 0 Å². The van der Waals surface area contributed by atoms with Crippen LogP contribution in [-0.2, 0) is 17.0 Å². The fourth-order valence-electron chi connectivity index (χ4n) is 2.14. The van der Waals surface area contributed by atoms with Crippen molar-refractivity contribution < 1.29 is 9.18 Å². The van der Waals surface area contributed by atoms with Gasteiger partial charge in [0.25, 0.3) is 0 Å². The molecule has 0 saturated heterocycles. The molecular formula is C18H18Cl2FNOS. The number of carbonyl (C=O) groups is 1. The minimum absolute atomic E-state index is 0.0118. The van der Waals surface area contributed by atoms with Crippen molar-refractivity contribution in [3.8, 4) is 0 Å². The Balaban J connectivity index is 1.62. The molecule has 2 nitrogen and oxygen atoms in total. The largest absolute Gasteiger partial charge is 0.355 e. The first kappa shape index (κ1) is 19.1. The third kappa shape index (κ3) is 6.34. The Labute approximate surface area is 155 Å². The van der Waals surface area contributed by atoms with Gasteiger partial charge in [0.1, 0.15) is 5.82 Å². The van der Waals surface area contributed by atoms with E-state index in [1.807, 2.05) is 0 Å². The molecule has 0 atom stereocenters. The molecule has 0 heterocycles. The molecule has 2 aromatic carbocycles. The summed E-state index contributed by atoms with van der Waals surface area (Å²) in [7, 11) is 0. The molecule has 0 saturated carbocycles. The standard InChI is InChI=1S/C18H18Cl2FNOS/c19-16-4-1-5-17(20)15(16)11-24-12-18(23)22-10-2-3-13-6-8-14(21)9-7-13/h1,4-9H,2-3,10-12H2,(H,22,23). The summed E-state index contributed by atoms with van der Waals surface area (Å²) >= 11 is 13.7. The average molecular weight is 386 g/mol. The highest BCUT2D eigenvalue weighted by molar-refractivity contribution is 7.99. The Morgan fingerprint density at radius 3 is 2.42 bits per heavy atom. The van der Waals surface area contributed by atoms with E-state index in [4.69, 9.17) is 23.2 Å². The van der Waals surface area contributed by atoms with Crippen LogP contribution in [-0.4, -0.2) is 18.2 Å². The molecule has 24 heavy (non-hydrogen) atoms. The van der Waals surface area contributed by atoms with Gasteiger partial charge in [-0.3, -0.25) is 4.79 Å². The minimum atomic E-state index is -0.234. The van der Waals surface area contributed by atoms with Crippen molar-refractivity contribution in [3.63, 3.8) is 0 Å².